The molecule has 19 heavy (non-hydrogen) atoms. The molecule has 1 fully saturated rings. The lowest BCUT2D eigenvalue weighted by molar-refractivity contribution is -0.142. The van der Waals surface area contributed by atoms with Crippen molar-refractivity contribution >= 4 is 11.9 Å². The zero-order valence-electron chi connectivity index (χ0n) is 10.8. The second-order valence-electron chi connectivity index (χ2n) is 5.06. The number of aryl methyl sites for hydroxylation is 1. The Hall–Kier alpha value is -1.89. The molecular weight excluding hydrogens is 248 g/mol. The Bertz CT molecular complexity index is 491. The van der Waals surface area contributed by atoms with E-state index in [4.69, 9.17) is 5.73 Å². The first-order valence-electron chi connectivity index (χ1n) is 6.23. The van der Waals surface area contributed by atoms with Crippen LogP contribution in [0.25, 0.3) is 0 Å². The van der Waals surface area contributed by atoms with Crippen LogP contribution in [0.5, 0.6) is 0 Å². The van der Waals surface area contributed by atoms with Crippen LogP contribution >= 0.6 is 0 Å². The number of nitrogens with zero attached hydrogens (tertiary/aromatic N) is 2. The van der Waals surface area contributed by atoms with Crippen molar-refractivity contribution in [1.82, 2.24) is 15.1 Å². The van der Waals surface area contributed by atoms with Crippen LogP contribution in [-0.4, -0.2) is 32.3 Å². The number of aliphatic carboxylic acids is 1. The van der Waals surface area contributed by atoms with Crippen molar-refractivity contribution in [2.45, 2.75) is 37.3 Å². The summed E-state index contributed by atoms with van der Waals surface area (Å²) < 4.78 is 1.49. The largest absolute Gasteiger partial charge is 0.479 e. The summed E-state index contributed by atoms with van der Waals surface area (Å²) in [5, 5.41) is 15.6. The summed E-state index contributed by atoms with van der Waals surface area (Å²) in [4.78, 5) is 23.4. The molecule has 1 aromatic rings. The first-order valence-corrected chi connectivity index (χ1v) is 6.23. The van der Waals surface area contributed by atoms with E-state index in [1.54, 1.807) is 13.2 Å². The van der Waals surface area contributed by atoms with Gasteiger partial charge in [-0.2, -0.15) is 5.10 Å². The van der Waals surface area contributed by atoms with Crippen LogP contribution in [0.4, 0.5) is 0 Å². The van der Waals surface area contributed by atoms with Crippen LogP contribution in [0.2, 0.25) is 0 Å². The molecule has 1 saturated carbocycles. The maximum absolute atomic E-state index is 12.1. The smallest absolute Gasteiger partial charge is 0.331 e. The normalized spacial score (nSPS) is 19.1. The third kappa shape index (κ3) is 2.76. The number of nitrogens with one attached hydrogen (secondary N) is 1. The number of hydrogen-bond acceptors (Lipinski definition) is 4. The van der Waals surface area contributed by atoms with Gasteiger partial charge >= 0.3 is 5.97 Å². The third-order valence-electron chi connectivity index (χ3n) is 3.53. The van der Waals surface area contributed by atoms with Crippen LogP contribution in [0.3, 0.4) is 0 Å². The van der Waals surface area contributed by atoms with E-state index < -0.39 is 23.5 Å². The molecule has 0 aliphatic heterocycles. The molecule has 7 heteroatoms. The van der Waals surface area contributed by atoms with Crippen LogP contribution in [0.1, 0.15) is 37.3 Å². The lowest BCUT2D eigenvalue weighted by Crippen LogP contribution is -2.53. The molecule has 0 radical (unpaired) electrons. The Morgan fingerprint density at radius 1 is 1.53 bits per heavy atom. The molecule has 1 heterocycles. The van der Waals surface area contributed by atoms with Gasteiger partial charge in [-0.05, 0) is 12.8 Å². The Labute approximate surface area is 110 Å². The van der Waals surface area contributed by atoms with Gasteiger partial charge in [0.15, 0.2) is 6.04 Å². The Balaban J connectivity index is 2.13. The number of aromatic nitrogens is 2. The molecule has 1 amide bonds. The second-order valence-corrected chi connectivity index (χ2v) is 5.06. The van der Waals surface area contributed by atoms with Crippen molar-refractivity contribution in [2.24, 2.45) is 12.8 Å². The average molecular weight is 266 g/mol. The average Bonchev–Trinajstić information content (AvgIpc) is 2.95. The topological polar surface area (TPSA) is 110 Å². The molecule has 0 saturated heterocycles. The molecule has 1 unspecified atom stereocenters. The van der Waals surface area contributed by atoms with Crippen molar-refractivity contribution < 1.29 is 14.7 Å². The number of rotatable bonds is 4. The minimum absolute atomic E-state index is 0.402. The molecule has 104 valence electrons. The summed E-state index contributed by atoms with van der Waals surface area (Å²) >= 11 is 0. The molecule has 2 rings (SSSR count). The highest BCUT2D eigenvalue weighted by atomic mass is 16.4. The van der Waals surface area contributed by atoms with Gasteiger partial charge in [-0.15, -0.1) is 0 Å². The molecule has 7 nitrogen and oxygen atoms in total. The second kappa shape index (κ2) is 5.00. The van der Waals surface area contributed by atoms with E-state index in [0.717, 1.165) is 12.8 Å². The molecule has 1 aliphatic carbocycles. The first-order chi connectivity index (χ1) is 8.92. The minimum atomic E-state index is -1.12. The maximum atomic E-state index is 12.1. The quantitative estimate of drug-likeness (QED) is 0.706. The Morgan fingerprint density at radius 2 is 2.16 bits per heavy atom. The fourth-order valence-electron chi connectivity index (χ4n) is 2.38. The van der Waals surface area contributed by atoms with Gasteiger partial charge in [-0.25, -0.2) is 4.79 Å². The fourth-order valence-corrected chi connectivity index (χ4v) is 2.38. The number of nitrogens with two attached hydrogens (primary N) is 1. The van der Waals surface area contributed by atoms with Crippen molar-refractivity contribution in [3.63, 3.8) is 0 Å². The maximum Gasteiger partial charge on any atom is 0.331 e. The molecule has 1 aromatic heterocycles. The van der Waals surface area contributed by atoms with Crippen LogP contribution < -0.4 is 11.1 Å². The summed E-state index contributed by atoms with van der Waals surface area (Å²) in [7, 11) is 1.69. The summed E-state index contributed by atoms with van der Waals surface area (Å²) in [6.07, 6.45) is 5.98. The lowest BCUT2D eigenvalue weighted by Gasteiger charge is -2.24. The van der Waals surface area contributed by atoms with Gasteiger partial charge in [0.05, 0.1) is 11.7 Å². The SMILES string of the molecule is Cn1cc(C(NC(=O)C2(N)CCCC2)C(=O)O)cn1. The van der Waals surface area contributed by atoms with E-state index in [2.05, 4.69) is 10.4 Å². The van der Waals surface area contributed by atoms with Crippen LogP contribution in [-0.2, 0) is 16.6 Å². The first kappa shape index (κ1) is 13.5. The number of carbonyl (C=O) groups is 2. The van der Waals surface area contributed by atoms with Gasteiger partial charge < -0.3 is 16.2 Å². The Kier molecular flexibility index (Phi) is 3.57. The highest BCUT2D eigenvalue weighted by molar-refractivity contribution is 5.90. The highest BCUT2D eigenvalue weighted by Gasteiger charge is 2.39. The van der Waals surface area contributed by atoms with E-state index in [1.807, 2.05) is 0 Å². The summed E-state index contributed by atoms with van der Waals surface area (Å²) in [6, 6.07) is -1.11. The van der Waals surface area contributed by atoms with Crippen molar-refractivity contribution in [2.75, 3.05) is 0 Å². The molecule has 4 N–H and O–H groups in total. The molecule has 1 atom stereocenters. The monoisotopic (exact) mass is 266 g/mol. The zero-order chi connectivity index (χ0) is 14.0. The zero-order valence-corrected chi connectivity index (χ0v) is 10.8. The lowest BCUT2D eigenvalue weighted by atomic mass is 9.97. The summed E-state index contributed by atoms with van der Waals surface area (Å²) in [5.41, 5.74) is 5.51. The van der Waals surface area contributed by atoms with Crippen LogP contribution in [0, 0.1) is 0 Å². The van der Waals surface area contributed by atoms with E-state index in [0.29, 0.717) is 18.4 Å². The van der Waals surface area contributed by atoms with Gasteiger partial charge in [-0.3, -0.25) is 9.48 Å². The molecule has 0 spiro atoms. The number of carbonyl (C=O) groups excluding carboxylic acids is 1. The number of carboxylic acids is 1. The predicted octanol–water partition coefficient (Wildman–Crippen LogP) is -0.0665. The van der Waals surface area contributed by atoms with Gasteiger partial charge in [0.25, 0.3) is 0 Å². The van der Waals surface area contributed by atoms with E-state index in [-0.39, 0.29) is 0 Å². The van der Waals surface area contributed by atoms with E-state index in [9.17, 15) is 14.7 Å². The molecule has 0 bridgehead atoms. The minimum Gasteiger partial charge on any atom is -0.479 e. The molecule has 1 aliphatic rings. The van der Waals surface area contributed by atoms with Crippen molar-refractivity contribution in [1.29, 1.82) is 0 Å². The van der Waals surface area contributed by atoms with E-state index >= 15 is 0 Å². The molecule has 0 aromatic carbocycles. The van der Waals surface area contributed by atoms with Gasteiger partial charge in [0.1, 0.15) is 0 Å². The van der Waals surface area contributed by atoms with Gasteiger partial charge in [0.2, 0.25) is 5.91 Å². The Morgan fingerprint density at radius 3 is 2.63 bits per heavy atom. The van der Waals surface area contributed by atoms with Crippen LogP contribution in [0.15, 0.2) is 12.4 Å². The van der Waals surface area contributed by atoms with Gasteiger partial charge in [-0.1, -0.05) is 12.8 Å². The fraction of sp³-hybridized carbons (Fsp3) is 0.583. The summed E-state index contributed by atoms with van der Waals surface area (Å²) in [6.45, 7) is 0. The van der Waals surface area contributed by atoms with Gasteiger partial charge in [0, 0.05) is 18.8 Å². The third-order valence-corrected chi connectivity index (χ3v) is 3.53. The standard InChI is InChI=1S/C12H18N4O3/c1-16-7-8(6-14-16)9(10(17)18)15-11(19)12(13)4-2-3-5-12/h6-7,9H,2-5,13H2,1H3,(H,15,19)(H,17,18). The number of hydrogen-bond donors (Lipinski definition) is 3. The summed E-state index contributed by atoms with van der Waals surface area (Å²) in [5.74, 6) is -1.52. The molecular formula is C12H18N4O3. The number of carboxylic acid groups (broad SMARTS) is 1. The number of amides is 1. The predicted molar refractivity (Wildman–Crippen MR) is 67.1 cm³/mol. The van der Waals surface area contributed by atoms with Crippen molar-refractivity contribution in [3.8, 4) is 0 Å². The van der Waals surface area contributed by atoms with E-state index in [1.165, 1.54) is 10.9 Å². The van der Waals surface area contributed by atoms with Crippen molar-refractivity contribution in [3.05, 3.63) is 18.0 Å². The highest BCUT2D eigenvalue weighted by Crippen LogP contribution is 2.28.